The van der Waals surface area contributed by atoms with E-state index in [1.54, 1.807) is 18.1 Å². The predicted molar refractivity (Wildman–Crippen MR) is 92.9 cm³/mol. The summed E-state index contributed by atoms with van der Waals surface area (Å²) in [5, 5.41) is 3.86. The Hall–Kier alpha value is -1.58. The van der Waals surface area contributed by atoms with Gasteiger partial charge in [0.25, 0.3) is 0 Å². The SMILES string of the molecule is C=C1N/C=C(/Cl)C/C=C\C=C1NSc1ccc(CC)cc1. The second-order valence-corrected chi connectivity index (χ2v) is 5.99. The highest BCUT2D eigenvalue weighted by atomic mass is 35.5. The van der Waals surface area contributed by atoms with Crippen molar-refractivity contribution in [3.8, 4) is 0 Å². The van der Waals surface area contributed by atoms with E-state index in [4.69, 9.17) is 11.6 Å². The summed E-state index contributed by atoms with van der Waals surface area (Å²) >= 11 is 7.61. The fourth-order valence-corrected chi connectivity index (χ4v) is 2.59. The Morgan fingerprint density at radius 1 is 1.33 bits per heavy atom. The van der Waals surface area contributed by atoms with E-state index < -0.39 is 0 Å². The minimum atomic E-state index is 0.719. The molecule has 0 saturated carbocycles. The normalized spacial score (nSPS) is 19.2. The van der Waals surface area contributed by atoms with Gasteiger partial charge in [-0.05, 0) is 42.1 Å². The summed E-state index contributed by atoms with van der Waals surface area (Å²) in [5.74, 6) is 0. The van der Waals surface area contributed by atoms with Gasteiger partial charge in [-0.1, -0.05) is 49.4 Å². The lowest BCUT2D eigenvalue weighted by atomic mass is 10.2. The van der Waals surface area contributed by atoms with Crippen molar-refractivity contribution in [2.45, 2.75) is 24.7 Å². The smallest absolute Gasteiger partial charge is 0.0674 e. The second kappa shape index (κ2) is 8.01. The number of hydrogen-bond acceptors (Lipinski definition) is 3. The molecule has 1 aliphatic rings. The molecule has 1 heterocycles. The zero-order chi connectivity index (χ0) is 15.1. The van der Waals surface area contributed by atoms with E-state index in [0.29, 0.717) is 0 Å². The molecule has 0 saturated heterocycles. The number of nitrogens with one attached hydrogen (secondary N) is 2. The molecule has 1 aromatic rings. The largest absolute Gasteiger partial charge is 0.359 e. The van der Waals surface area contributed by atoms with Crippen LogP contribution in [-0.2, 0) is 6.42 Å². The van der Waals surface area contributed by atoms with Gasteiger partial charge in [-0.15, -0.1) is 0 Å². The Kier molecular flexibility index (Phi) is 6.03. The third kappa shape index (κ3) is 5.03. The summed E-state index contributed by atoms with van der Waals surface area (Å²) in [6.07, 6.45) is 9.54. The highest BCUT2D eigenvalue weighted by molar-refractivity contribution is 7.97. The topological polar surface area (TPSA) is 24.1 Å². The molecule has 21 heavy (non-hydrogen) atoms. The average molecular weight is 319 g/mol. The number of rotatable bonds is 4. The van der Waals surface area contributed by atoms with Crippen LogP contribution in [0.1, 0.15) is 18.9 Å². The van der Waals surface area contributed by atoms with Crippen LogP contribution in [0.4, 0.5) is 0 Å². The van der Waals surface area contributed by atoms with Crippen molar-refractivity contribution in [2.75, 3.05) is 0 Å². The number of halogens is 1. The van der Waals surface area contributed by atoms with Crippen molar-refractivity contribution in [1.82, 2.24) is 10.0 Å². The first-order chi connectivity index (χ1) is 10.2. The lowest BCUT2D eigenvalue weighted by Gasteiger charge is -2.12. The Morgan fingerprint density at radius 2 is 2.10 bits per heavy atom. The maximum Gasteiger partial charge on any atom is 0.0674 e. The van der Waals surface area contributed by atoms with Gasteiger partial charge in [-0.25, -0.2) is 0 Å². The Balaban J connectivity index is 2.01. The molecular formula is C17H19ClN2S. The number of aryl methyl sites for hydroxylation is 1. The van der Waals surface area contributed by atoms with Gasteiger partial charge in [0.05, 0.1) is 11.4 Å². The van der Waals surface area contributed by atoms with Gasteiger partial charge in [0, 0.05) is 22.5 Å². The molecule has 1 aromatic carbocycles. The summed E-state index contributed by atoms with van der Waals surface area (Å²) in [6, 6.07) is 8.54. The Bertz CT molecular complexity index is 585. The lowest BCUT2D eigenvalue weighted by molar-refractivity contribution is 1.03. The lowest BCUT2D eigenvalue weighted by Crippen LogP contribution is -2.14. The summed E-state index contributed by atoms with van der Waals surface area (Å²) in [5.41, 5.74) is 3.06. The highest BCUT2D eigenvalue weighted by Gasteiger charge is 2.03. The standard InChI is InChI=1S/C17H19ClN2S/c1-3-14-8-10-16(11-9-14)21-20-17-7-5-4-6-15(18)12-19-13(17)2/h4-5,7-12,19-20H,2-3,6H2,1H3/b5-4-,15-12+,17-7?. The minimum absolute atomic E-state index is 0.719. The number of hydrogen-bond donors (Lipinski definition) is 2. The van der Waals surface area contributed by atoms with Gasteiger partial charge >= 0.3 is 0 Å². The summed E-state index contributed by atoms with van der Waals surface area (Å²) in [4.78, 5) is 1.17. The molecule has 4 heteroatoms. The first kappa shape index (κ1) is 15.8. The zero-order valence-corrected chi connectivity index (χ0v) is 13.6. The molecule has 0 fully saturated rings. The van der Waals surface area contributed by atoms with Crippen molar-refractivity contribution in [1.29, 1.82) is 0 Å². The van der Waals surface area contributed by atoms with E-state index >= 15 is 0 Å². The predicted octanol–water partition coefficient (Wildman–Crippen LogP) is 4.87. The Morgan fingerprint density at radius 3 is 2.81 bits per heavy atom. The van der Waals surface area contributed by atoms with Gasteiger partial charge in [-0.2, -0.15) is 0 Å². The van der Waals surface area contributed by atoms with Gasteiger partial charge in [0.15, 0.2) is 0 Å². The van der Waals surface area contributed by atoms with Crippen molar-refractivity contribution >= 4 is 23.5 Å². The molecule has 0 unspecified atom stereocenters. The maximum atomic E-state index is 6.04. The molecular weight excluding hydrogens is 300 g/mol. The van der Waals surface area contributed by atoms with E-state index in [2.05, 4.69) is 47.8 Å². The van der Waals surface area contributed by atoms with Crippen molar-refractivity contribution in [3.63, 3.8) is 0 Å². The van der Waals surface area contributed by atoms with Crippen molar-refractivity contribution in [3.05, 3.63) is 77.3 Å². The summed E-state index contributed by atoms with van der Waals surface area (Å²) < 4.78 is 3.33. The van der Waals surface area contributed by atoms with Crippen molar-refractivity contribution in [2.24, 2.45) is 0 Å². The van der Waals surface area contributed by atoms with E-state index in [0.717, 1.165) is 29.3 Å². The molecule has 2 N–H and O–H groups in total. The highest BCUT2D eigenvalue weighted by Crippen LogP contribution is 2.19. The summed E-state index contributed by atoms with van der Waals surface area (Å²) in [7, 11) is 0. The van der Waals surface area contributed by atoms with Crippen LogP contribution >= 0.6 is 23.5 Å². The molecule has 0 spiro atoms. The first-order valence-corrected chi connectivity index (χ1v) is 8.07. The molecule has 0 atom stereocenters. The molecule has 0 aromatic heterocycles. The van der Waals surface area contributed by atoms with Crippen LogP contribution in [0.2, 0.25) is 0 Å². The third-order valence-corrected chi connectivity index (χ3v) is 4.14. The molecule has 2 rings (SSSR count). The van der Waals surface area contributed by atoms with Gasteiger partial charge < -0.3 is 10.0 Å². The monoisotopic (exact) mass is 318 g/mol. The number of benzene rings is 1. The second-order valence-electron chi connectivity index (χ2n) is 4.63. The maximum absolute atomic E-state index is 6.04. The molecule has 110 valence electrons. The van der Waals surface area contributed by atoms with Crippen LogP contribution < -0.4 is 10.0 Å². The number of allylic oxidation sites excluding steroid dienone is 4. The van der Waals surface area contributed by atoms with Crippen LogP contribution in [0.5, 0.6) is 0 Å². The van der Waals surface area contributed by atoms with Crippen LogP contribution in [0.3, 0.4) is 0 Å². The van der Waals surface area contributed by atoms with E-state index in [-0.39, 0.29) is 0 Å². The zero-order valence-electron chi connectivity index (χ0n) is 12.0. The molecule has 0 amide bonds. The fourth-order valence-electron chi connectivity index (χ4n) is 1.75. The van der Waals surface area contributed by atoms with Gasteiger partial charge in [0.1, 0.15) is 0 Å². The van der Waals surface area contributed by atoms with E-state index in [1.807, 2.05) is 18.2 Å². The quantitative estimate of drug-likeness (QED) is 0.774. The minimum Gasteiger partial charge on any atom is -0.359 e. The average Bonchev–Trinajstić information content (AvgIpc) is 2.59. The third-order valence-electron chi connectivity index (χ3n) is 3.05. The van der Waals surface area contributed by atoms with Gasteiger partial charge in [-0.3, -0.25) is 0 Å². The van der Waals surface area contributed by atoms with Crippen molar-refractivity contribution < 1.29 is 0 Å². The van der Waals surface area contributed by atoms with Gasteiger partial charge in [0.2, 0.25) is 0 Å². The fraction of sp³-hybridized carbons (Fsp3) is 0.176. The summed E-state index contributed by atoms with van der Waals surface area (Å²) in [6.45, 7) is 6.18. The van der Waals surface area contributed by atoms with Crippen LogP contribution in [0.15, 0.2) is 76.6 Å². The first-order valence-electron chi connectivity index (χ1n) is 6.88. The van der Waals surface area contributed by atoms with Crippen LogP contribution in [-0.4, -0.2) is 0 Å². The Labute approximate surface area is 135 Å². The molecule has 0 radical (unpaired) electrons. The molecule has 2 nitrogen and oxygen atoms in total. The molecule has 1 aliphatic heterocycles. The van der Waals surface area contributed by atoms with Crippen LogP contribution in [0, 0.1) is 0 Å². The molecule has 0 bridgehead atoms. The molecule has 0 aliphatic carbocycles. The van der Waals surface area contributed by atoms with E-state index in [1.165, 1.54) is 10.5 Å². The van der Waals surface area contributed by atoms with Crippen LogP contribution in [0.25, 0.3) is 0 Å². The van der Waals surface area contributed by atoms with E-state index in [9.17, 15) is 0 Å².